The molecule has 0 aromatic heterocycles. The second kappa shape index (κ2) is 7.91. The van der Waals surface area contributed by atoms with Gasteiger partial charge in [-0.05, 0) is 27.7 Å². The fraction of sp³-hybridized carbons (Fsp3) is 0.833. The Morgan fingerprint density at radius 1 is 1.05 bits per heavy atom. The molecule has 0 aromatic carbocycles. The maximum atomic E-state index is 11.8. The van der Waals surface area contributed by atoms with Crippen molar-refractivity contribution in [1.82, 2.24) is 10.6 Å². The van der Waals surface area contributed by atoms with Crippen molar-refractivity contribution < 1.29 is 19.4 Å². The standard InChI is InChI=1S/C12H24N4O4/c1-11(2,9(18)13-6-7-17)15-16-12(3,4)10(19)14-8-20-5/h17H,6-8H2,1-5H3,(H,13,18)(H,14,19)/b16-15-. The van der Waals surface area contributed by atoms with Crippen LogP contribution in [0.25, 0.3) is 0 Å². The summed E-state index contributed by atoms with van der Waals surface area (Å²) in [6, 6.07) is 0. The van der Waals surface area contributed by atoms with Gasteiger partial charge in [0.05, 0.1) is 6.61 Å². The Kier molecular flexibility index (Phi) is 7.30. The largest absolute Gasteiger partial charge is 0.395 e. The number of aliphatic hydroxyl groups excluding tert-OH is 1. The highest BCUT2D eigenvalue weighted by atomic mass is 16.5. The third-order valence-corrected chi connectivity index (χ3v) is 2.44. The van der Waals surface area contributed by atoms with E-state index in [2.05, 4.69) is 20.9 Å². The van der Waals surface area contributed by atoms with Gasteiger partial charge in [0.15, 0.2) is 11.1 Å². The molecule has 8 nitrogen and oxygen atoms in total. The van der Waals surface area contributed by atoms with Crippen LogP contribution >= 0.6 is 0 Å². The monoisotopic (exact) mass is 288 g/mol. The molecule has 0 aliphatic rings. The normalized spacial score (nSPS) is 12.5. The van der Waals surface area contributed by atoms with Crippen LogP contribution in [0, 0.1) is 0 Å². The molecule has 3 N–H and O–H groups in total. The molecule has 116 valence electrons. The van der Waals surface area contributed by atoms with Gasteiger partial charge >= 0.3 is 0 Å². The molecule has 0 saturated heterocycles. The zero-order valence-corrected chi connectivity index (χ0v) is 12.7. The molecule has 0 rings (SSSR count). The van der Waals surface area contributed by atoms with Crippen molar-refractivity contribution in [3.8, 4) is 0 Å². The number of carbonyl (C=O) groups excluding carboxylic acids is 2. The lowest BCUT2D eigenvalue weighted by atomic mass is 10.1. The van der Waals surface area contributed by atoms with Crippen LogP contribution in [0.2, 0.25) is 0 Å². The van der Waals surface area contributed by atoms with Gasteiger partial charge in [-0.15, -0.1) is 0 Å². The predicted molar refractivity (Wildman–Crippen MR) is 73.1 cm³/mol. The minimum absolute atomic E-state index is 0.0815. The van der Waals surface area contributed by atoms with Gasteiger partial charge in [0.1, 0.15) is 6.73 Å². The van der Waals surface area contributed by atoms with Gasteiger partial charge in [-0.2, -0.15) is 10.2 Å². The molecule has 0 saturated carbocycles. The van der Waals surface area contributed by atoms with Crippen molar-refractivity contribution in [1.29, 1.82) is 0 Å². The van der Waals surface area contributed by atoms with Crippen molar-refractivity contribution in [3.63, 3.8) is 0 Å². The number of rotatable bonds is 8. The Bertz CT molecular complexity index is 332. The van der Waals surface area contributed by atoms with Gasteiger partial charge in [-0.1, -0.05) is 0 Å². The van der Waals surface area contributed by atoms with Crippen molar-refractivity contribution >= 4 is 11.8 Å². The number of nitrogens with one attached hydrogen (secondary N) is 2. The fourth-order valence-electron chi connectivity index (χ4n) is 1.08. The number of methoxy groups -OCH3 is 1. The molecule has 0 bridgehead atoms. The number of amides is 2. The number of azo groups is 1. The molecule has 2 amide bonds. The minimum atomic E-state index is -1.12. The summed E-state index contributed by atoms with van der Waals surface area (Å²) in [7, 11) is 1.46. The lowest BCUT2D eigenvalue weighted by molar-refractivity contribution is -0.128. The summed E-state index contributed by atoms with van der Waals surface area (Å²) in [5.41, 5.74) is -2.22. The molecule has 8 heteroatoms. The molecule has 0 aliphatic heterocycles. The zero-order chi connectivity index (χ0) is 15.8. The van der Waals surface area contributed by atoms with Crippen molar-refractivity contribution in [2.24, 2.45) is 10.2 Å². The van der Waals surface area contributed by atoms with E-state index in [1.54, 1.807) is 27.7 Å². The highest BCUT2D eigenvalue weighted by molar-refractivity contribution is 5.86. The van der Waals surface area contributed by atoms with Crippen molar-refractivity contribution in [3.05, 3.63) is 0 Å². The highest BCUT2D eigenvalue weighted by Gasteiger charge is 2.31. The lowest BCUT2D eigenvalue weighted by Gasteiger charge is -2.21. The molecule has 0 atom stereocenters. The molecular formula is C12H24N4O4. The molecule has 0 fully saturated rings. The Balaban J connectivity index is 4.72. The fourth-order valence-corrected chi connectivity index (χ4v) is 1.08. The molecule has 0 heterocycles. The number of aliphatic hydroxyl groups is 1. The first-order valence-corrected chi connectivity index (χ1v) is 6.28. The van der Waals surface area contributed by atoms with E-state index in [-0.39, 0.29) is 31.7 Å². The average molecular weight is 288 g/mol. The summed E-state index contributed by atoms with van der Waals surface area (Å²) in [5.74, 6) is -0.724. The van der Waals surface area contributed by atoms with Gasteiger partial charge in [0.2, 0.25) is 5.91 Å². The Hall–Kier alpha value is -1.54. The second-order valence-electron chi connectivity index (χ2n) is 5.24. The Morgan fingerprint density at radius 3 is 1.90 bits per heavy atom. The smallest absolute Gasteiger partial charge is 0.251 e. The van der Waals surface area contributed by atoms with E-state index in [0.29, 0.717) is 0 Å². The molecule has 0 aromatic rings. The number of hydrogen-bond acceptors (Lipinski definition) is 6. The topological polar surface area (TPSA) is 112 Å². The zero-order valence-electron chi connectivity index (χ0n) is 12.7. The van der Waals surface area contributed by atoms with E-state index in [9.17, 15) is 9.59 Å². The molecule has 0 aliphatic carbocycles. The van der Waals surface area contributed by atoms with Crippen LogP contribution in [0.5, 0.6) is 0 Å². The first-order chi connectivity index (χ1) is 9.17. The second-order valence-corrected chi connectivity index (χ2v) is 5.24. The summed E-state index contributed by atoms with van der Waals surface area (Å²) in [4.78, 5) is 23.6. The number of hydrogen-bond donors (Lipinski definition) is 3. The van der Waals surface area contributed by atoms with Crippen LogP contribution in [-0.4, -0.2) is 55.0 Å². The van der Waals surface area contributed by atoms with Gasteiger partial charge in [0, 0.05) is 13.7 Å². The maximum absolute atomic E-state index is 11.8. The van der Waals surface area contributed by atoms with Crippen LogP contribution in [0.1, 0.15) is 27.7 Å². The summed E-state index contributed by atoms with van der Waals surface area (Å²) in [5, 5.41) is 21.6. The number of nitrogens with zero attached hydrogens (tertiary/aromatic N) is 2. The highest BCUT2D eigenvalue weighted by Crippen LogP contribution is 2.16. The summed E-state index contributed by atoms with van der Waals surface area (Å²) in [6.45, 7) is 6.41. The number of ether oxygens (including phenoxy) is 1. The van der Waals surface area contributed by atoms with E-state index >= 15 is 0 Å². The maximum Gasteiger partial charge on any atom is 0.251 e. The van der Waals surface area contributed by atoms with Crippen LogP contribution in [0.3, 0.4) is 0 Å². The van der Waals surface area contributed by atoms with Crippen LogP contribution in [0.4, 0.5) is 0 Å². The average Bonchev–Trinajstić information content (AvgIpc) is 2.39. The van der Waals surface area contributed by atoms with E-state index in [1.807, 2.05) is 0 Å². The van der Waals surface area contributed by atoms with Crippen LogP contribution in [0.15, 0.2) is 10.2 Å². The van der Waals surface area contributed by atoms with Crippen molar-refractivity contribution in [2.75, 3.05) is 27.0 Å². The Morgan fingerprint density at radius 2 is 1.50 bits per heavy atom. The number of carbonyl (C=O) groups is 2. The van der Waals surface area contributed by atoms with Gasteiger partial charge in [-0.25, -0.2) is 0 Å². The third kappa shape index (κ3) is 6.07. The first-order valence-electron chi connectivity index (χ1n) is 6.28. The SMILES string of the molecule is COCNC(=O)C(C)(C)/N=N\C(C)(C)C(=O)NCCO. The van der Waals surface area contributed by atoms with E-state index in [0.717, 1.165) is 0 Å². The van der Waals surface area contributed by atoms with E-state index < -0.39 is 11.1 Å². The summed E-state index contributed by atoms with van der Waals surface area (Å²) < 4.78 is 4.74. The van der Waals surface area contributed by atoms with Gasteiger partial charge < -0.3 is 20.5 Å². The third-order valence-electron chi connectivity index (χ3n) is 2.44. The van der Waals surface area contributed by atoms with Crippen molar-refractivity contribution in [2.45, 2.75) is 38.8 Å². The molecular weight excluding hydrogens is 264 g/mol. The first kappa shape index (κ1) is 18.5. The van der Waals surface area contributed by atoms with Crippen LogP contribution < -0.4 is 10.6 Å². The summed E-state index contributed by atoms with van der Waals surface area (Å²) >= 11 is 0. The Labute approximate surface area is 119 Å². The van der Waals surface area contributed by atoms with Gasteiger partial charge in [-0.3, -0.25) is 9.59 Å². The predicted octanol–water partition coefficient (Wildman–Crippen LogP) is -0.176. The van der Waals surface area contributed by atoms with E-state index in [1.165, 1.54) is 7.11 Å². The van der Waals surface area contributed by atoms with Crippen LogP contribution in [-0.2, 0) is 14.3 Å². The molecule has 20 heavy (non-hydrogen) atoms. The quantitative estimate of drug-likeness (QED) is 0.425. The minimum Gasteiger partial charge on any atom is -0.395 e. The summed E-state index contributed by atoms with van der Waals surface area (Å²) in [6.07, 6.45) is 0. The molecule has 0 spiro atoms. The van der Waals surface area contributed by atoms with E-state index in [4.69, 9.17) is 9.84 Å². The molecule has 0 radical (unpaired) electrons. The lowest BCUT2D eigenvalue weighted by Crippen LogP contribution is -2.44. The molecule has 0 unspecified atom stereocenters. The van der Waals surface area contributed by atoms with Gasteiger partial charge in [0.25, 0.3) is 5.91 Å².